The zero-order valence-corrected chi connectivity index (χ0v) is 14.6. The monoisotopic (exact) mass is 336 g/mol. The highest BCUT2D eigenvalue weighted by Crippen LogP contribution is 2.26. The summed E-state index contributed by atoms with van der Waals surface area (Å²) in [6.45, 7) is 5.76. The number of nitrogens with two attached hydrogens (primary N) is 1. The Hall–Kier alpha value is -3.02. The van der Waals surface area contributed by atoms with Gasteiger partial charge in [-0.25, -0.2) is 4.99 Å². The van der Waals surface area contributed by atoms with Crippen molar-refractivity contribution in [2.45, 2.75) is 19.9 Å². The number of aliphatic imine (C=N–C) groups is 1. The molecule has 6 heteroatoms. The molecule has 1 atom stereocenters. The summed E-state index contributed by atoms with van der Waals surface area (Å²) in [6, 6.07) is 10.1. The van der Waals surface area contributed by atoms with Crippen LogP contribution in [0.25, 0.3) is 0 Å². The van der Waals surface area contributed by atoms with E-state index in [0.717, 1.165) is 24.6 Å². The summed E-state index contributed by atoms with van der Waals surface area (Å²) in [6.07, 6.45) is 5.64. The first-order valence-corrected chi connectivity index (χ1v) is 8.39. The summed E-state index contributed by atoms with van der Waals surface area (Å²) < 4.78 is 0. The molecule has 0 saturated heterocycles. The Labute approximate surface area is 148 Å². The van der Waals surface area contributed by atoms with Crippen molar-refractivity contribution in [2.24, 2.45) is 10.7 Å². The summed E-state index contributed by atoms with van der Waals surface area (Å²) >= 11 is 0. The number of anilines is 1. The molecule has 6 nitrogen and oxygen atoms in total. The smallest absolute Gasteiger partial charge is 0.195 e. The molecule has 0 fully saturated rings. The molecule has 25 heavy (non-hydrogen) atoms. The van der Waals surface area contributed by atoms with Crippen LogP contribution in [0, 0.1) is 13.8 Å². The van der Waals surface area contributed by atoms with Gasteiger partial charge in [0.1, 0.15) is 11.9 Å². The molecule has 0 radical (unpaired) electrons. The van der Waals surface area contributed by atoms with Gasteiger partial charge in [-0.1, -0.05) is 18.2 Å². The lowest BCUT2D eigenvalue weighted by Crippen LogP contribution is -2.40. The van der Waals surface area contributed by atoms with Gasteiger partial charge in [0.25, 0.3) is 0 Å². The molecule has 2 aromatic rings. The zero-order chi connectivity index (χ0) is 17.6. The summed E-state index contributed by atoms with van der Waals surface area (Å²) in [5.41, 5.74) is 10.7. The topological polar surface area (TPSA) is 87.4 Å². The Balaban J connectivity index is 1.61. The van der Waals surface area contributed by atoms with Gasteiger partial charge in [0.15, 0.2) is 5.96 Å². The first-order chi connectivity index (χ1) is 12.1. The summed E-state index contributed by atoms with van der Waals surface area (Å²) in [5, 5.41) is 9.76. The van der Waals surface area contributed by atoms with Crippen LogP contribution < -0.4 is 21.7 Å². The molecule has 0 spiro atoms. The third-order valence-electron chi connectivity index (χ3n) is 4.26. The molecule has 0 amide bonds. The maximum atomic E-state index is 5.97. The Morgan fingerprint density at radius 1 is 1.12 bits per heavy atom. The highest BCUT2D eigenvalue weighted by atomic mass is 15.2. The van der Waals surface area contributed by atoms with Crippen LogP contribution in [0.2, 0.25) is 0 Å². The first kappa shape index (κ1) is 16.8. The van der Waals surface area contributed by atoms with Crippen LogP contribution in [-0.4, -0.2) is 24.0 Å². The zero-order valence-electron chi connectivity index (χ0n) is 14.6. The third kappa shape index (κ3) is 4.29. The van der Waals surface area contributed by atoms with Crippen molar-refractivity contribution in [1.82, 2.24) is 15.6 Å². The van der Waals surface area contributed by atoms with E-state index in [0.29, 0.717) is 5.96 Å². The van der Waals surface area contributed by atoms with E-state index in [9.17, 15) is 0 Å². The molecule has 0 bridgehead atoms. The third-order valence-corrected chi connectivity index (χ3v) is 4.26. The van der Waals surface area contributed by atoms with Crippen molar-refractivity contribution in [3.05, 3.63) is 71.3 Å². The SMILES string of the molecule is Cc1cccc(C2C=C(NCCNc3cccnc3)NC(N)=N2)c1C. The maximum absolute atomic E-state index is 5.97. The van der Waals surface area contributed by atoms with Gasteiger partial charge < -0.3 is 21.7 Å². The second-order valence-corrected chi connectivity index (χ2v) is 6.05. The molecule has 1 aliphatic heterocycles. The summed E-state index contributed by atoms with van der Waals surface area (Å²) in [7, 11) is 0. The Kier molecular flexibility index (Phi) is 5.18. The predicted molar refractivity (Wildman–Crippen MR) is 102 cm³/mol. The number of rotatable bonds is 6. The lowest BCUT2D eigenvalue weighted by Gasteiger charge is -2.23. The van der Waals surface area contributed by atoms with Crippen molar-refractivity contribution in [1.29, 1.82) is 0 Å². The van der Waals surface area contributed by atoms with Gasteiger partial charge in [0, 0.05) is 25.5 Å². The van der Waals surface area contributed by atoms with Gasteiger partial charge in [-0.3, -0.25) is 4.98 Å². The molecule has 1 aromatic heterocycles. The van der Waals surface area contributed by atoms with Crippen LogP contribution in [-0.2, 0) is 0 Å². The number of hydrogen-bond acceptors (Lipinski definition) is 6. The fourth-order valence-electron chi connectivity index (χ4n) is 2.78. The Morgan fingerprint density at radius 2 is 1.96 bits per heavy atom. The summed E-state index contributed by atoms with van der Waals surface area (Å²) in [5.74, 6) is 1.31. The summed E-state index contributed by atoms with van der Waals surface area (Å²) in [4.78, 5) is 8.61. The molecule has 2 heterocycles. The van der Waals surface area contributed by atoms with E-state index in [2.05, 4.69) is 64.0 Å². The highest BCUT2D eigenvalue weighted by Gasteiger charge is 2.17. The van der Waals surface area contributed by atoms with Crippen molar-refractivity contribution >= 4 is 11.6 Å². The lowest BCUT2D eigenvalue weighted by molar-refractivity contribution is 0.725. The molecule has 1 aliphatic rings. The van der Waals surface area contributed by atoms with Crippen LogP contribution in [0.5, 0.6) is 0 Å². The maximum Gasteiger partial charge on any atom is 0.195 e. The minimum atomic E-state index is -0.0741. The first-order valence-electron chi connectivity index (χ1n) is 8.39. The van der Waals surface area contributed by atoms with Gasteiger partial charge in [-0.2, -0.15) is 0 Å². The fraction of sp³-hybridized carbons (Fsp3) is 0.263. The number of nitrogens with one attached hydrogen (secondary N) is 3. The van der Waals surface area contributed by atoms with Crippen LogP contribution in [0.1, 0.15) is 22.7 Å². The lowest BCUT2D eigenvalue weighted by atomic mass is 9.97. The van der Waals surface area contributed by atoms with E-state index in [1.807, 2.05) is 12.1 Å². The highest BCUT2D eigenvalue weighted by molar-refractivity contribution is 5.81. The number of pyridine rings is 1. The quantitative estimate of drug-likeness (QED) is 0.608. The minimum Gasteiger partial charge on any atom is -0.382 e. The van der Waals surface area contributed by atoms with Crippen molar-refractivity contribution < 1.29 is 0 Å². The molecule has 3 rings (SSSR count). The normalized spacial score (nSPS) is 16.5. The minimum absolute atomic E-state index is 0.0741. The average Bonchev–Trinajstić information content (AvgIpc) is 2.61. The van der Waals surface area contributed by atoms with E-state index < -0.39 is 0 Å². The standard InChI is InChI=1S/C19H24N6/c1-13-5-3-7-16(14(13)2)17-11-18(25-19(20)24-17)23-10-9-22-15-6-4-8-21-12-15/h3-8,11-12,17,22-23H,9-10H2,1-2H3,(H3,20,24,25). The van der Waals surface area contributed by atoms with Gasteiger partial charge in [0.05, 0.1) is 5.69 Å². The van der Waals surface area contributed by atoms with Crippen molar-refractivity contribution in [2.75, 3.05) is 18.4 Å². The van der Waals surface area contributed by atoms with Crippen LogP contribution in [0.15, 0.2) is 59.6 Å². The largest absolute Gasteiger partial charge is 0.382 e. The molecule has 0 saturated carbocycles. The van der Waals surface area contributed by atoms with Gasteiger partial charge in [-0.05, 0) is 48.7 Å². The van der Waals surface area contributed by atoms with Gasteiger partial charge in [-0.15, -0.1) is 0 Å². The molecule has 1 aromatic carbocycles. The van der Waals surface area contributed by atoms with E-state index in [1.54, 1.807) is 12.4 Å². The number of aromatic nitrogens is 1. The predicted octanol–water partition coefficient (Wildman–Crippen LogP) is 2.20. The van der Waals surface area contributed by atoms with E-state index in [-0.39, 0.29) is 6.04 Å². The Morgan fingerprint density at radius 3 is 2.76 bits per heavy atom. The number of nitrogens with zero attached hydrogens (tertiary/aromatic N) is 2. The van der Waals surface area contributed by atoms with Crippen LogP contribution in [0.3, 0.4) is 0 Å². The number of guanidine groups is 1. The van der Waals surface area contributed by atoms with E-state index >= 15 is 0 Å². The molecule has 130 valence electrons. The molecule has 1 unspecified atom stereocenters. The van der Waals surface area contributed by atoms with Crippen LogP contribution in [0.4, 0.5) is 5.69 Å². The number of benzene rings is 1. The fourth-order valence-corrected chi connectivity index (χ4v) is 2.78. The van der Waals surface area contributed by atoms with Crippen molar-refractivity contribution in [3.63, 3.8) is 0 Å². The van der Waals surface area contributed by atoms with Gasteiger partial charge in [0.2, 0.25) is 0 Å². The second-order valence-electron chi connectivity index (χ2n) is 6.05. The number of aryl methyl sites for hydroxylation is 1. The Bertz CT molecular complexity index is 782. The molecular weight excluding hydrogens is 312 g/mol. The van der Waals surface area contributed by atoms with E-state index in [1.165, 1.54) is 16.7 Å². The van der Waals surface area contributed by atoms with Crippen molar-refractivity contribution in [3.8, 4) is 0 Å². The van der Waals surface area contributed by atoms with E-state index in [4.69, 9.17) is 5.73 Å². The number of hydrogen-bond donors (Lipinski definition) is 4. The molecule has 0 aliphatic carbocycles. The van der Waals surface area contributed by atoms with Crippen LogP contribution >= 0.6 is 0 Å². The second kappa shape index (κ2) is 7.70. The molecular formula is C19H24N6. The van der Waals surface area contributed by atoms with Gasteiger partial charge >= 0.3 is 0 Å². The molecule has 5 N–H and O–H groups in total. The average molecular weight is 336 g/mol.